The molecule has 13 nitrogen and oxygen atoms in total. The molecular formula is C21H41N7O6. The van der Waals surface area contributed by atoms with Crippen LogP contribution in [-0.4, -0.2) is 76.7 Å². The van der Waals surface area contributed by atoms with E-state index in [1.807, 2.05) is 13.8 Å². The molecular weight excluding hydrogens is 446 g/mol. The fourth-order valence-electron chi connectivity index (χ4n) is 3.05. The van der Waals surface area contributed by atoms with Crippen LogP contribution in [0.15, 0.2) is 4.99 Å². The Morgan fingerprint density at radius 2 is 1.44 bits per heavy atom. The highest BCUT2D eigenvalue weighted by Gasteiger charge is 2.33. The second-order valence-electron chi connectivity index (χ2n) is 9.04. The number of rotatable bonds is 15. The Kier molecular flexibility index (Phi) is 13.8. The van der Waals surface area contributed by atoms with Gasteiger partial charge in [-0.25, -0.2) is 4.79 Å². The molecule has 196 valence electrons. The lowest BCUT2D eigenvalue weighted by molar-refractivity contribution is -0.144. The van der Waals surface area contributed by atoms with Crippen LogP contribution < -0.4 is 33.2 Å². The molecule has 5 unspecified atom stereocenters. The molecule has 0 bridgehead atoms. The van der Waals surface area contributed by atoms with Crippen molar-refractivity contribution in [2.75, 3.05) is 6.54 Å². The highest BCUT2D eigenvalue weighted by atomic mass is 16.4. The number of aliphatic hydroxyl groups is 1. The molecule has 0 spiro atoms. The molecule has 0 aromatic rings. The normalized spacial score (nSPS) is 15.6. The van der Waals surface area contributed by atoms with Gasteiger partial charge in [-0.3, -0.25) is 19.4 Å². The standard InChI is InChI=1S/C21H41N7O6/c1-10(2)9-14(26-17(30)13(22)7-6-8-25-21(23)24)18(31)28-16(12(5)29)19(32)27-15(11(3)4)20(33)34/h10-16,29H,6-9,22H2,1-5H3,(H,26,30)(H,27,32)(H,28,31)(H,33,34)(H4,23,24,25). The van der Waals surface area contributed by atoms with Crippen molar-refractivity contribution in [3.8, 4) is 0 Å². The van der Waals surface area contributed by atoms with Gasteiger partial charge in [-0.1, -0.05) is 27.7 Å². The highest BCUT2D eigenvalue weighted by Crippen LogP contribution is 2.08. The molecule has 0 heterocycles. The number of nitrogens with one attached hydrogen (secondary N) is 3. The van der Waals surface area contributed by atoms with E-state index in [2.05, 4.69) is 20.9 Å². The van der Waals surface area contributed by atoms with E-state index < -0.39 is 59.9 Å². The molecule has 11 N–H and O–H groups in total. The number of guanidine groups is 1. The number of hydrogen-bond acceptors (Lipinski definition) is 7. The van der Waals surface area contributed by atoms with Gasteiger partial charge in [-0.2, -0.15) is 0 Å². The first kappa shape index (κ1) is 31.1. The monoisotopic (exact) mass is 487 g/mol. The molecule has 3 amide bonds. The SMILES string of the molecule is CC(C)CC(NC(=O)C(N)CCCN=C(N)N)C(=O)NC(C(=O)NC(C(=O)O)C(C)C)C(C)O. The predicted octanol–water partition coefficient (Wildman–Crippen LogP) is -2.01. The molecule has 0 aliphatic heterocycles. The molecule has 0 aliphatic carbocycles. The number of amides is 3. The summed E-state index contributed by atoms with van der Waals surface area (Å²) in [5.41, 5.74) is 16.4. The Bertz CT molecular complexity index is 722. The molecule has 34 heavy (non-hydrogen) atoms. The Morgan fingerprint density at radius 1 is 0.882 bits per heavy atom. The van der Waals surface area contributed by atoms with E-state index >= 15 is 0 Å². The first-order chi connectivity index (χ1) is 15.7. The number of nitrogens with two attached hydrogens (primary N) is 3. The number of carbonyl (C=O) groups is 4. The van der Waals surface area contributed by atoms with Crippen molar-refractivity contribution in [1.82, 2.24) is 16.0 Å². The van der Waals surface area contributed by atoms with E-state index in [1.54, 1.807) is 13.8 Å². The largest absolute Gasteiger partial charge is 0.480 e. The van der Waals surface area contributed by atoms with Crippen molar-refractivity contribution in [2.45, 2.75) is 84.2 Å². The van der Waals surface area contributed by atoms with Crippen LogP contribution in [0.1, 0.15) is 53.9 Å². The summed E-state index contributed by atoms with van der Waals surface area (Å²) in [5.74, 6) is -3.83. The zero-order chi connectivity index (χ0) is 26.6. The van der Waals surface area contributed by atoms with Gasteiger partial charge in [0.05, 0.1) is 12.1 Å². The minimum atomic E-state index is -1.42. The van der Waals surface area contributed by atoms with Crippen LogP contribution in [0, 0.1) is 11.8 Å². The lowest BCUT2D eigenvalue weighted by Gasteiger charge is -2.27. The lowest BCUT2D eigenvalue weighted by Crippen LogP contribution is -2.60. The summed E-state index contributed by atoms with van der Waals surface area (Å²) in [5, 5.41) is 26.7. The second-order valence-corrected chi connectivity index (χ2v) is 9.04. The minimum absolute atomic E-state index is 0.00491. The molecule has 0 aromatic carbocycles. The van der Waals surface area contributed by atoms with Gasteiger partial charge in [0.1, 0.15) is 18.1 Å². The smallest absolute Gasteiger partial charge is 0.326 e. The number of carboxylic acid groups (broad SMARTS) is 1. The maximum absolute atomic E-state index is 12.9. The Balaban J connectivity index is 5.31. The lowest BCUT2D eigenvalue weighted by atomic mass is 10.0. The van der Waals surface area contributed by atoms with Gasteiger partial charge in [0.25, 0.3) is 0 Å². The van der Waals surface area contributed by atoms with Crippen molar-refractivity contribution in [2.24, 2.45) is 34.0 Å². The van der Waals surface area contributed by atoms with E-state index in [-0.39, 0.29) is 24.7 Å². The fraction of sp³-hybridized carbons (Fsp3) is 0.762. The topological polar surface area (TPSA) is 235 Å². The van der Waals surface area contributed by atoms with Crippen molar-refractivity contribution < 1.29 is 29.4 Å². The van der Waals surface area contributed by atoms with Gasteiger partial charge >= 0.3 is 5.97 Å². The van der Waals surface area contributed by atoms with E-state index in [9.17, 15) is 29.4 Å². The summed E-state index contributed by atoms with van der Waals surface area (Å²) in [6, 6.07) is -4.55. The first-order valence-electron chi connectivity index (χ1n) is 11.3. The Hall–Kier alpha value is -2.93. The summed E-state index contributed by atoms with van der Waals surface area (Å²) < 4.78 is 0. The minimum Gasteiger partial charge on any atom is -0.480 e. The van der Waals surface area contributed by atoms with Crippen molar-refractivity contribution >= 4 is 29.7 Å². The average Bonchev–Trinajstić information content (AvgIpc) is 2.70. The van der Waals surface area contributed by atoms with Crippen molar-refractivity contribution in [1.29, 1.82) is 0 Å². The molecule has 0 saturated heterocycles. The van der Waals surface area contributed by atoms with Crippen LogP contribution in [0.2, 0.25) is 0 Å². The number of nitrogens with zero attached hydrogens (tertiary/aromatic N) is 1. The van der Waals surface area contributed by atoms with Gasteiger partial charge in [0, 0.05) is 6.54 Å². The van der Waals surface area contributed by atoms with E-state index in [0.29, 0.717) is 13.0 Å². The number of aliphatic hydroxyl groups excluding tert-OH is 1. The molecule has 0 radical (unpaired) electrons. The quantitative estimate of drug-likeness (QED) is 0.0722. The third-order valence-corrected chi connectivity index (χ3v) is 4.94. The average molecular weight is 488 g/mol. The summed E-state index contributed by atoms with van der Waals surface area (Å²) in [7, 11) is 0. The van der Waals surface area contributed by atoms with E-state index in [1.165, 1.54) is 6.92 Å². The van der Waals surface area contributed by atoms with Crippen LogP contribution >= 0.6 is 0 Å². The summed E-state index contributed by atoms with van der Waals surface area (Å²) in [4.78, 5) is 53.3. The molecule has 5 atom stereocenters. The zero-order valence-electron chi connectivity index (χ0n) is 20.6. The Morgan fingerprint density at radius 3 is 1.88 bits per heavy atom. The summed E-state index contributed by atoms with van der Waals surface area (Å²) in [6.07, 6.45) is -0.337. The Labute approximate surface area is 200 Å². The van der Waals surface area contributed by atoms with Crippen LogP contribution in [0.4, 0.5) is 0 Å². The van der Waals surface area contributed by atoms with Crippen molar-refractivity contribution in [3.63, 3.8) is 0 Å². The maximum Gasteiger partial charge on any atom is 0.326 e. The number of hydrogen-bond donors (Lipinski definition) is 8. The van der Waals surface area contributed by atoms with Gasteiger partial charge in [0.2, 0.25) is 17.7 Å². The van der Waals surface area contributed by atoms with Crippen LogP contribution in [-0.2, 0) is 19.2 Å². The molecule has 13 heteroatoms. The summed E-state index contributed by atoms with van der Waals surface area (Å²) >= 11 is 0. The number of carbonyl (C=O) groups excluding carboxylic acids is 3. The van der Waals surface area contributed by atoms with Crippen LogP contribution in [0.3, 0.4) is 0 Å². The molecule has 0 rings (SSSR count). The predicted molar refractivity (Wildman–Crippen MR) is 127 cm³/mol. The van der Waals surface area contributed by atoms with Crippen molar-refractivity contribution in [3.05, 3.63) is 0 Å². The van der Waals surface area contributed by atoms with E-state index in [0.717, 1.165) is 0 Å². The number of aliphatic carboxylic acids is 1. The third kappa shape index (κ3) is 11.8. The van der Waals surface area contributed by atoms with Gasteiger partial charge in [-0.05, 0) is 38.0 Å². The number of aliphatic imine (C=N–C) groups is 1. The molecule has 0 aromatic heterocycles. The van der Waals surface area contributed by atoms with Crippen LogP contribution in [0.5, 0.6) is 0 Å². The maximum atomic E-state index is 12.9. The van der Waals surface area contributed by atoms with E-state index in [4.69, 9.17) is 17.2 Å². The zero-order valence-corrected chi connectivity index (χ0v) is 20.6. The third-order valence-electron chi connectivity index (χ3n) is 4.94. The summed E-state index contributed by atoms with van der Waals surface area (Å²) in [6.45, 7) is 8.52. The van der Waals surface area contributed by atoms with Gasteiger partial charge < -0.3 is 43.4 Å². The van der Waals surface area contributed by atoms with Gasteiger partial charge in [-0.15, -0.1) is 0 Å². The molecule has 0 aliphatic rings. The number of carboxylic acids is 1. The second kappa shape index (κ2) is 15.1. The van der Waals surface area contributed by atoms with Crippen LogP contribution in [0.25, 0.3) is 0 Å². The molecule has 0 fully saturated rings. The molecule has 0 saturated carbocycles. The van der Waals surface area contributed by atoms with Gasteiger partial charge in [0.15, 0.2) is 5.96 Å². The first-order valence-corrected chi connectivity index (χ1v) is 11.3. The highest BCUT2D eigenvalue weighted by molar-refractivity contribution is 5.94. The fourth-order valence-corrected chi connectivity index (χ4v) is 3.05.